The number of nitrogens with zero attached hydrogens (tertiary/aromatic N) is 1. The predicted molar refractivity (Wildman–Crippen MR) is 80.0 cm³/mol. The second-order valence-electron chi connectivity index (χ2n) is 5.04. The van der Waals surface area contributed by atoms with Crippen LogP contribution in [0.5, 0.6) is 0 Å². The number of carbonyl (C=O) groups excluding carboxylic acids is 1. The second-order valence-corrected chi connectivity index (χ2v) is 6.33. The van der Waals surface area contributed by atoms with E-state index in [1.165, 1.54) is 0 Å². The Bertz CT molecular complexity index is 549. The number of hydrogen-bond acceptors (Lipinski definition) is 2. The van der Waals surface area contributed by atoms with E-state index in [4.69, 9.17) is 16.7 Å². The molecule has 0 bridgehead atoms. The predicted octanol–water partition coefficient (Wildman–Crippen LogP) is 3.43. The molecule has 1 saturated heterocycles. The summed E-state index contributed by atoms with van der Waals surface area (Å²) in [5, 5.41) is 9.61. The van der Waals surface area contributed by atoms with Gasteiger partial charge in [0.05, 0.1) is 11.5 Å². The average molecular weight is 361 g/mol. The van der Waals surface area contributed by atoms with Crippen LogP contribution in [0.2, 0.25) is 5.02 Å². The van der Waals surface area contributed by atoms with Crippen LogP contribution in [-0.4, -0.2) is 34.5 Å². The van der Waals surface area contributed by atoms with Gasteiger partial charge in [-0.15, -0.1) is 0 Å². The van der Waals surface area contributed by atoms with Gasteiger partial charge in [0.15, 0.2) is 0 Å². The van der Waals surface area contributed by atoms with E-state index in [2.05, 4.69) is 15.9 Å². The summed E-state index contributed by atoms with van der Waals surface area (Å²) in [6, 6.07) is 5.05. The van der Waals surface area contributed by atoms with E-state index < -0.39 is 11.9 Å². The van der Waals surface area contributed by atoms with Crippen molar-refractivity contribution in [1.29, 1.82) is 0 Å². The molecule has 1 heterocycles. The lowest BCUT2D eigenvalue weighted by Crippen LogP contribution is -2.47. The van der Waals surface area contributed by atoms with Gasteiger partial charge in [-0.25, -0.2) is 0 Å². The second kappa shape index (κ2) is 6.14. The molecular weight excluding hydrogens is 346 g/mol. The van der Waals surface area contributed by atoms with Crippen LogP contribution >= 0.6 is 27.5 Å². The molecule has 1 aromatic rings. The summed E-state index contributed by atoms with van der Waals surface area (Å²) in [4.78, 5) is 25.3. The highest BCUT2D eigenvalue weighted by molar-refractivity contribution is 9.10. The smallest absolute Gasteiger partial charge is 0.308 e. The first-order valence-electron chi connectivity index (χ1n) is 6.39. The lowest BCUT2D eigenvalue weighted by molar-refractivity contribution is -0.143. The first kappa shape index (κ1) is 15.3. The van der Waals surface area contributed by atoms with Crippen molar-refractivity contribution in [3.8, 4) is 0 Å². The molecule has 108 valence electrons. The highest BCUT2D eigenvalue weighted by Gasteiger charge is 2.33. The molecule has 1 aliphatic rings. The van der Waals surface area contributed by atoms with E-state index in [0.717, 1.165) is 0 Å². The van der Waals surface area contributed by atoms with Gasteiger partial charge in [0.1, 0.15) is 0 Å². The monoisotopic (exact) mass is 359 g/mol. The zero-order valence-corrected chi connectivity index (χ0v) is 13.3. The van der Waals surface area contributed by atoms with E-state index in [1.807, 2.05) is 6.92 Å². The number of piperidine rings is 1. The Morgan fingerprint density at radius 2 is 2.10 bits per heavy atom. The Morgan fingerprint density at radius 1 is 1.40 bits per heavy atom. The molecule has 6 heteroatoms. The summed E-state index contributed by atoms with van der Waals surface area (Å²) >= 11 is 9.27. The number of benzene rings is 1. The lowest BCUT2D eigenvalue weighted by atomic mass is 9.93. The molecule has 1 amide bonds. The highest BCUT2D eigenvalue weighted by atomic mass is 79.9. The molecule has 0 aliphatic carbocycles. The van der Waals surface area contributed by atoms with E-state index in [0.29, 0.717) is 27.9 Å². The van der Waals surface area contributed by atoms with Gasteiger partial charge in [0.2, 0.25) is 0 Å². The van der Waals surface area contributed by atoms with E-state index in [9.17, 15) is 9.59 Å². The molecule has 0 spiro atoms. The van der Waals surface area contributed by atoms with Crippen LogP contribution in [0.25, 0.3) is 0 Å². The molecule has 1 fully saturated rings. The SMILES string of the molecule is CC1CCC(C(=O)O)CN1C(=O)c1cc(Cl)ccc1Br. The molecule has 1 aromatic carbocycles. The van der Waals surface area contributed by atoms with Crippen LogP contribution in [0, 0.1) is 5.92 Å². The van der Waals surface area contributed by atoms with Crippen LogP contribution in [-0.2, 0) is 4.79 Å². The molecule has 1 N–H and O–H groups in total. The summed E-state index contributed by atoms with van der Waals surface area (Å²) in [6.45, 7) is 2.18. The third-order valence-electron chi connectivity index (χ3n) is 3.65. The minimum absolute atomic E-state index is 0.0315. The zero-order valence-electron chi connectivity index (χ0n) is 11.0. The Hall–Kier alpha value is -1.07. The topological polar surface area (TPSA) is 57.6 Å². The number of likely N-dealkylation sites (tertiary alicyclic amines) is 1. The molecule has 1 aliphatic heterocycles. The fourth-order valence-corrected chi connectivity index (χ4v) is 3.00. The van der Waals surface area contributed by atoms with Crippen molar-refractivity contribution in [3.63, 3.8) is 0 Å². The highest BCUT2D eigenvalue weighted by Crippen LogP contribution is 2.27. The fourth-order valence-electron chi connectivity index (χ4n) is 2.41. The lowest BCUT2D eigenvalue weighted by Gasteiger charge is -2.36. The third kappa shape index (κ3) is 3.15. The first-order chi connectivity index (χ1) is 9.40. The Balaban J connectivity index is 2.26. The molecular formula is C14H15BrClNO3. The van der Waals surface area contributed by atoms with Gasteiger partial charge in [0.25, 0.3) is 5.91 Å². The maximum absolute atomic E-state index is 12.6. The number of carboxylic acid groups (broad SMARTS) is 1. The quantitative estimate of drug-likeness (QED) is 0.879. The van der Waals surface area contributed by atoms with E-state index in [-0.39, 0.29) is 18.5 Å². The number of hydrogen-bond donors (Lipinski definition) is 1. The van der Waals surface area contributed by atoms with Gasteiger partial charge in [-0.2, -0.15) is 0 Å². The van der Waals surface area contributed by atoms with Crippen LogP contribution in [0.1, 0.15) is 30.1 Å². The number of carboxylic acids is 1. The third-order valence-corrected chi connectivity index (χ3v) is 4.58. The van der Waals surface area contributed by atoms with E-state index in [1.54, 1.807) is 23.1 Å². The number of amides is 1. The number of rotatable bonds is 2. The Morgan fingerprint density at radius 3 is 2.75 bits per heavy atom. The van der Waals surface area contributed by atoms with Gasteiger partial charge in [0, 0.05) is 22.1 Å². The maximum atomic E-state index is 12.6. The number of carbonyl (C=O) groups is 2. The molecule has 2 atom stereocenters. The van der Waals surface area contributed by atoms with Crippen LogP contribution in [0.4, 0.5) is 0 Å². The summed E-state index contributed by atoms with van der Waals surface area (Å²) in [5.41, 5.74) is 0.468. The molecule has 0 radical (unpaired) electrons. The first-order valence-corrected chi connectivity index (χ1v) is 7.56. The standard InChI is InChI=1S/C14H15BrClNO3/c1-8-2-3-9(14(19)20)7-17(8)13(18)11-6-10(16)4-5-12(11)15/h4-6,8-9H,2-3,7H2,1H3,(H,19,20). The maximum Gasteiger partial charge on any atom is 0.308 e. The molecule has 2 unspecified atom stereocenters. The van der Waals surface area contributed by atoms with Crippen molar-refractivity contribution < 1.29 is 14.7 Å². The summed E-state index contributed by atoms with van der Waals surface area (Å²) in [6.07, 6.45) is 1.30. The van der Waals surface area contributed by atoms with Gasteiger partial charge in [-0.1, -0.05) is 11.6 Å². The molecule has 4 nitrogen and oxygen atoms in total. The average Bonchev–Trinajstić information content (AvgIpc) is 2.41. The van der Waals surface area contributed by atoms with Crippen LogP contribution in [0.15, 0.2) is 22.7 Å². The van der Waals surface area contributed by atoms with Crippen molar-refractivity contribution in [3.05, 3.63) is 33.3 Å². The normalized spacial score (nSPS) is 22.6. The van der Waals surface area contributed by atoms with Gasteiger partial charge in [-0.05, 0) is 53.9 Å². The van der Waals surface area contributed by atoms with Crippen molar-refractivity contribution in [1.82, 2.24) is 4.90 Å². The molecule has 0 aromatic heterocycles. The minimum atomic E-state index is -0.847. The summed E-state index contributed by atoms with van der Waals surface area (Å²) in [5.74, 6) is -1.52. The van der Waals surface area contributed by atoms with Crippen LogP contribution < -0.4 is 0 Å². The Kier molecular flexibility index (Phi) is 4.70. The van der Waals surface area contributed by atoms with Crippen molar-refractivity contribution in [2.75, 3.05) is 6.54 Å². The van der Waals surface area contributed by atoms with Crippen molar-refractivity contribution in [2.45, 2.75) is 25.8 Å². The Labute approximate surface area is 130 Å². The summed E-state index contributed by atoms with van der Waals surface area (Å²) < 4.78 is 0.663. The number of aliphatic carboxylic acids is 1. The number of halogens is 2. The molecule has 20 heavy (non-hydrogen) atoms. The summed E-state index contributed by atoms with van der Waals surface area (Å²) in [7, 11) is 0. The van der Waals surface area contributed by atoms with E-state index >= 15 is 0 Å². The fraction of sp³-hybridized carbons (Fsp3) is 0.429. The van der Waals surface area contributed by atoms with Crippen LogP contribution in [0.3, 0.4) is 0 Å². The van der Waals surface area contributed by atoms with Gasteiger partial charge in [-0.3, -0.25) is 9.59 Å². The molecule has 2 rings (SSSR count). The largest absolute Gasteiger partial charge is 0.481 e. The molecule has 0 saturated carbocycles. The van der Waals surface area contributed by atoms with Gasteiger partial charge < -0.3 is 10.0 Å². The van der Waals surface area contributed by atoms with Gasteiger partial charge >= 0.3 is 5.97 Å². The zero-order chi connectivity index (χ0) is 14.9. The van der Waals surface area contributed by atoms with Crippen molar-refractivity contribution >= 4 is 39.4 Å². The minimum Gasteiger partial charge on any atom is -0.481 e. The van der Waals surface area contributed by atoms with Crippen molar-refractivity contribution in [2.24, 2.45) is 5.92 Å².